The largest absolute Gasteiger partial charge is 0.381 e. The number of anilines is 2. The van der Waals surface area contributed by atoms with Crippen molar-refractivity contribution in [2.75, 3.05) is 24.3 Å². The standard InChI is InChI=1S/C16H26N2/c1-13-7-6-8-14(12-11-13)17-15-9-4-5-10-16(15)18(2)3/h4-5,9-10,13-14,17H,6-8,11-12H2,1-3H3. The van der Waals surface area contributed by atoms with Gasteiger partial charge in [-0.2, -0.15) is 0 Å². The molecular formula is C16H26N2. The Morgan fingerprint density at radius 2 is 1.83 bits per heavy atom. The minimum Gasteiger partial charge on any atom is -0.381 e. The van der Waals surface area contributed by atoms with E-state index < -0.39 is 0 Å². The second kappa shape index (κ2) is 6.12. The predicted molar refractivity (Wildman–Crippen MR) is 80.4 cm³/mol. The van der Waals surface area contributed by atoms with Crippen molar-refractivity contribution in [2.45, 2.75) is 45.1 Å². The third-order valence-electron chi connectivity index (χ3n) is 4.00. The van der Waals surface area contributed by atoms with E-state index >= 15 is 0 Å². The van der Waals surface area contributed by atoms with Gasteiger partial charge in [0.25, 0.3) is 0 Å². The average molecular weight is 246 g/mol. The van der Waals surface area contributed by atoms with Crippen LogP contribution >= 0.6 is 0 Å². The fourth-order valence-corrected chi connectivity index (χ4v) is 2.84. The Labute approximate surface area is 111 Å². The maximum atomic E-state index is 3.75. The van der Waals surface area contributed by atoms with Crippen molar-refractivity contribution >= 4 is 11.4 Å². The number of benzene rings is 1. The summed E-state index contributed by atoms with van der Waals surface area (Å²) in [6, 6.07) is 9.26. The van der Waals surface area contributed by atoms with Gasteiger partial charge in [0.05, 0.1) is 11.4 Å². The van der Waals surface area contributed by atoms with Crippen molar-refractivity contribution < 1.29 is 0 Å². The zero-order chi connectivity index (χ0) is 13.0. The molecule has 0 aliphatic heterocycles. The van der Waals surface area contributed by atoms with E-state index in [1.807, 2.05) is 0 Å². The van der Waals surface area contributed by atoms with E-state index in [-0.39, 0.29) is 0 Å². The molecule has 0 saturated heterocycles. The summed E-state index contributed by atoms with van der Waals surface area (Å²) in [5.41, 5.74) is 2.57. The Bertz CT molecular complexity index is 373. The molecule has 0 radical (unpaired) electrons. The van der Waals surface area contributed by atoms with Gasteiger partial charge in [0.2, 0.25) is 0 Å². The van der Waals surface area contributed by atoms with Crippen LogP contribution in [0.5, 0.6) is 0 Å². The van der Waals surface area contributed by atoms with Crippen molar-refractivity contribution in [1.82, 2.24) is 0 Å². The van der Waals surface area contributed by atoms with Gasteiger partial charge >= 0.3 is 0 Å². The predicted octanol–water partition coefficient (Wildman–Crippen LogP) is 4.13. The molecule has 1 N–H and O–H groups in total. The summed E-state index contributed by atoms with van der Waals surface area (Å²) >= 11 is 0. The van der Waals surface area contributed by atoms with E-state index in [9.17, 15) is 0 Å². The molecular weight excluding hydrogens is 220 g/mol. The zero-order valence-corrected chi connectivity index (χ0v) is 11.9. The summed E-state index contributed by atoms with van der Waals surface area (Å²) in [6.45, 7) is 2.39. The van der Waals surface area contributed by atoms with Crippen LogP contribution in [0.2, 0.25) is 0 Å². The summed E-state index contributed by atoms with van der Waals surface area (Å²) in [6.07, 6.45) is 6.74. The number of nitrogens with one attached hydrogen (secondary N) is 1. The molecule has 0 spiro atoms. The fraction of sp³-hybridized carbons (Fsp3) is 0.625. The maximum Gasteiger partial charge on any atom is 0.0596 e. The number of para-hydroxylation sites is 2. The van der Waals surface area contributed by atoms with Crippen molar-refractivity contribution in [2.24, 2.45) is 5.92 Å². The highest BCUT2D eigenvalue weighted by Crippen LogP contribution is 2.29. The smallest absolute Gasteiger partial charge is 0.0596 e. The van der Waals surface area contributed by atoms with Crippen LogP contribution in [0.4, 0.5) is 11.4 Å². The lowest BCUT2D eigenvalue weighted by atomic mass is 10.0. The minimum atomic E-state index is 0.649. The van der Waals surface area contributed by atoms with E-state index in [4.69, 9.17) is 0 Å². The molecule has 0 amide bonds. The van der Waals surface area contributed by atoms with E-state index in [0.717, 1.165) is 5.92 Å². The lowest BCUT2D eigenvalue weighted by molar-refractivity contribution is 0.502. The zero-order valence-electron chi connectivity index (χ0n) is 11.9. The van der Waals surface area contributed by atoms with Crippen LogP contribution in [0, 0.1) is 5.92 Å². The molecule has 1 aliphatic carbocycles. The number of rotatable bonds is 3. The van der Waals surface area contributed by atoms with Crippen LogP contribution < -0.4 is 10.2 Å². The van der Waals surface area contributed by atoms with E-state index in [0.29, 0.717) is 6.04 Å². The second-order valence-electron chi connectivity index (χ2n) is 5.87. The van der Waals surface area contributed by atoms with Crippen molar-refractivity contribution in [3.05, 3.63) is 24.3 Å². The van der Waals surface area contributed by atoms with Crippen molar-refractivity contribution in [1.29, 1.82) is 0 Å². The Morgan fingerprint density at radius 1 is 1.06 bits per heavy atom. The van der Waals surface area contributed by atoms with Gasteiger partial charge in [0, 0.05) is 20.1 Å². The van der Waals surface area contributed by atoms with Gasteiger partial charge in [0.15, 0.2) is 0 Å². The number of hydrogen-bond donors (Lipinski definition) is 1. The highest BCUT2D eigenvalue weighted by Gasteiger charge is 2.17. The molecule has 2 nitrogen and oxygen atoms in total. The lowest BCUT2D eigenvalue weighted by Crippen LogP contribution is -2.20. The second-order valence-corrected chi connectivity index (χ2v) is 5.87. The first kappa shape index (κ1) is 13.3. The topological polar surface area (TPSA) is 15.3 Å². The van der Waals surface area contributed by atoms with Crippen LogP contribution in [0.3, 0.4) is 0 Å². The maximum absolute atomic E-state index is 3.75. The first-order valence-corrected chi connectivity index (χ1v) is 7.19. The van der Waals surface area contributed by atoms with Gasteiger partial charge in [0.1, 0.15) is 0 Å². The third kappa shape index (κ3) is 3.41. The minimum absolute atomic E-state index is 0.649. The molecule has 2 heteroatoms. The van der Waals surface area contributed by atoms with Crippen molar-refractivity contribution in [3.8, 4) is 0 Å². The molecule has 100 valence electrons. The van der Waals surface area contributed by atoms with Gasteiger partial charge in [-0.05, 0) is 37.3 Å². The average Bonchev–Trinajstić information content (AvgIpc) is 2.55. The Balaban J connectivity index is 2.04. The summed E-state index contributed by atoms with van der Waals surface area (Å²) in [4.78, 5) is 2.18. The van der Waals surface area contributed by atoms with Gasteiger partial charge in [-0.25, -0.2) is 0 Å². The van der Waals surface area contributed by atoms with Gasteiger partial charge in [-0.15, -0.1) is 0 Å². The van der Waals surface area contributed by atoms with E-state index in [2.05, 4.69) is 55.5 Å². The van der Waals surface area contributed by atoms with E-state index in [1.54, 1.807) is 0 Å². The summed E-state index contributed by atoms with van der Waals surface area (Å²) < 4.78 is 0. The molecule has 1 aromatic carbocycles. The molecule has 1 aliphatic rings. The Morgan fingerprint density at radius 3 is 2.61 bits per heavy atom. The number of hydrogen-bond acceptors (Lipinski definition) is 2. The molecule has 0 bridgehead atoms. The molecule has 1 aromatic rings. The molecule has 2 unspecified atom stereocenters. The monoisotopic (exact) mass is 246 g/mol. The van der Waals surface area contributed by atoms with Crippen LogP contribution in [-0.4, -0.2) is 20.1 Å². The van der Waals surface area contributed by atoms with Crippen LogP contribution in [0.1, 0.15) is 39.0 Å². The molecule has 0 aromatic heterocycles. The number of nitrogens with zero attached hydrogens (tertiary/aromatic N) is 1. The SMILES string of the molecule is CC1CCCC(Nc2ccccc2N(C)C)CC1. The van der Waals surface area contributed by atoms with E-state index in [1.165, 1.54) is 43.5 Å². The molecule has 1 fully saturated rings. The first-order valence-electron chi connectivity index (χ1n) is 7.19. The highest BCUT2D eigenvalue weighted by atomic mass is 15.1. The molecule has 1 saturated carbocycles. The van der Waals surface area contributed by atoms with Crippen molar-refractivity contribution in [3.63, 3.8) is 0 Å². The fourth-order valence-electron chi connectivity index (χ4n) is 2.84. The Kier molecular flexibility index (Phi) is 4.51. The van der Waals surface area contributed by atoms with Crippen LogP contribution in [-0.2, 0) is 0 Å². The summed E-state index contributed by atoms with van der Waals surface area (Å²) in [7, 11) is 4.21. The highest BCUT2D eigenvalue weighted by molar-refractivity contribution is 5.69. The van der Waals surface area contributed by atoms with Crippen LogP contribution in [0.15, 0.2) is 24.3 Å². The molecule has 18 heavy (non-hydrogen) atoms. The molecule has 2 rings (SSSR count). The third-order valence-corrected chi connectivity index (χ3v) is 4.00. The van der Waals surface area contributed by atoms with Crippen LogP contribution in [0.25, 0.3) is 0 Å². The summed E-state index contributed by atoms with van der Waals surface area (Å²) in [5.74, 6) is 0.904. The van der Waals surface area contributed by atoms with Gasteiger partial charge in [-0.1, -0.05) is 31.9 Å². The normalized spacial score (nSPS) is 24.4. The van der Waals surface area contributed by atoms with Gasteiger partial charge < -0.3 is 10.2 Å². The molecule has 0 heterocycles. The first-order chi connectivity index (χ1) is 8.66. The summed E-state index contributed by atoms with van der Waals surface area (Å²) in [5, 5.41) is 3.75. The quantitative estimate of drug-likeness (QED) is 0.807. The Hall–Kier alpha value is -1.18. The molecule has 2 atom stereocenters. The van der Waals surface area contributed by atoms with Gasteiger partial charge in [-0.3, -0.25) is 0 Å². The lowest BCUT2D eigenvalue weighted by Gasteiger charge is -2.23.